The highest BCUT2D eigenvalue weighted by atomic mass is 16.2. The summed E-state index contributed by atoms with van der Waals surface area (Å²) < 4.78 is 0. The molecule has 0 saturated carbocycles. The van der Waals surface area contributed by atoms with Crippen molar-refractivity contribution in [3.05, 3.63) is 41.5 Å². The SMILES string of the molecule is CCNC(=O)N(CC)C(=O)c1ccccc1/C=C/C=O. The second-order valence-electron chi connectivity index (χ2n) is 3.97. The van der Waals surface area contributed by atoms with E-state index in [2.05, 4.69) is 5.32 Å². The summed E-state index contributed by atoms with van der Waals surface area (Å²) in [5.74, 6) is -0.385. The lowest BCUT2D eigenvalue weighted by atomic mass is 10.1. The fraction of sp³-hybridized carbons (Fsp3) is 0.267. The highest BCUT2D eigenvalue weighted by Gasteiger charge is 2.21. The Morgan fingerprint density at radius 1 is 1.25 bits per heavy atom. The maximum Gasteiger partial charge on any atom is 0.324 e. The summed E-state index contributed by atoms with van der Waals surface area (Å²) in [5, 5.41) is 2.60. The van der Waals surface area contributed by atoms with E-state index in [0.29, 0.717) is 24.0 Å². The summed E-state index contributed by atoms with van der Waals surface area (Å²) in [6.07, 6.45) is 3.50. The maximum absolute atomic E-state index is 12.4. The van der Waals surface area contributed by atoms with Crippen LogP contribution in [0, 0.1) is 0 Å². The van der Waals surface area contributed by atoms with E-state index < -0.39 is 6.03 Å². The van der Waals surface area contributed by atoms with Gasteiger partial charge < -0.3 is 5.32 Å². The molecule has 20 heavy (non-hydrogen) atoms. The summed E-state index contributed by atoms with van der Waals surface area (Å²) >= 11 is 0. The van der Waals surface area contributed by atoms with Crippen LogP contribution in [0.4, 0.5) is 4.79 Å². The molecule has 1 rings (SSSR count). The predicted molar refractivity (Wildman–Crippen MR) is 77.3 cm³/mol. The van der Waals surface area contributed by atoms with E-state index in [1.165, 1.54) is 6.08 Å². The third-order valence-electron chi connectivity index (χ3n) is 2.68. The zero-order chi connectivity index (χ0) is 15.0. The van der Waals surface area contributed by atoms with Crippen LogP contribution < -0.4 is 5.32 Å². The number of nitrogens with one attached hydrogen (secondary N) is 1. The Morgan fingerprint density at radius 3 is 2.55 bits per heavy atom. The van der Waals surface area contributed by atoms with Crippen molar-refractivity contribution in [3.8, 4) is 0 Å². The first-order chi connectivity index (χ1) is 9.65. The average Bonchev–Trinajstić information content (AvgIpc) is 2.46. The molecule has 106 valence electrons. The molecule has 0 fully saturated rings. The minimum Gasteiger partial charge on any atom is -0.338 e. The Bertz CT molecular complexity index is 524. The minimum absolute atomic E-state index is 0.274. The van der Waals surface area contributed by atoms with Crippen LogP contribution >= 0.6 is 0 Å². The summed E-state index contributed by atoms with van der Waals surface area (Å²) in [4.78, 5) is 35.8. The second kappa shape index (κ2) is 7.89. The van der Waals surface area contributed by atoms with Gasteiger partial charge in [-0.25, -0.2) is 4.79 Å². The Labute approximate surface area is 118 Å². The summed E-state index contributed by atoms with van der Waals surface area (Å²) in [5.41, 5.74) is 0.992. The molecule has 3 amide bonds. The summed E-state index contributed by atoms with van der Waals surface area (Å²) in [6.45, 7) is 4.25. The Morgan fingerprint density at radius 2 is 1.95 bits per heavy atom. The molecule has 1 N–H and O–H groups in total. The van der Waals surface area contributed by atoms with Crippen molar-refractivity contribution in [2.45, 2.75) is 13.8 Å². The topological polar surface area (TPSA) is 66.5 Å². The zero-order valence-electron chi connectivity index (χ0n) is 11.6. The van der Waals surface area contributed by atoms with Crippen LogP contribution in [0.3, 0.4) is 0 Å². The van der Waals surface area contributed by atoms with Gasteiger partial charge in [-0.2, -0.15) is 0 Å². The van der Waals surface area contributed by atoms with Crippen molar-refractivity contribution in [2.24, 2.45) is 0 Å². The highest BCUT2D eigenvalue weighted by Crippen LogP contribution is 2.13. The molecule has 0 atom stereocenters. The number of aldehydes is 1. The molecule has 0 unspecified atom stereocenters. The number of carbonyl (C=O) groups is 3. The molecule has 0 radical (unpaired) electrons. The van der Waals surface area contributed by atoms with Crippen LogP contribution in [-0.4, -0.2) is 36.2 Å². The number of benzene rings is 1. The van der Waals surface area contributed by atoms with Gasteiger partial charge in [0.1, 0.15) is 6.29 Å². The number of nitrogens with zero attached hydrogens (tertiary/aromatic N) is 1. The minimum atomic E-state index is -0.422. The van der Waals surface area contributed by atoms with Crippen molar-refractivity contribution in [1.29, 1.82) is 0 Å². The van der Waals surface area contributed by atoms with E-state index in [9.17, 15) is 14.4 Å². The molecule has 0 bridgehead atoms. The lowest BCUT2D eigenvalue weighted by molar-refractivity contribution is -0.104. The van der Waals surface area contributed by atoms with Crippen LogP contribution in [-0.2, 0) is 4.79 Å². The molecule has 5 heteroatoms. The van der Waals surface area contributed by atoms with E-state index in [1.54, 1.807) is 44.2 Å². The number of amides is 3. The second-order valence-corrected chi connectivity index (χ2v) is 3.97. The van der Waals surface area contributed by atoms with E-state index in [-0.39, 0.29) is 12.5 Å². The van der Waals surface area contributed by atoms with E-state index in [4.69, 9.17) is 0 Å². The molecule has 0 aliphatic rings. The number of allylic oxidation sites excluding steroid dienone is 1. The van der Waals surface area contributed by atoms with Crippen LogP contribution in [0.15, 0.2) is 30.3 Å². The van der Waals surface area contributed by atoms with Crippen molar-refractivity contribution >= 4 is 24.3 Å². The standard InChI is InChI=1S/C15H18N2O3/c1-3-16-15(20)17(4-2)14(19)13-10-6-5-8-12(13)9-7-11-18/h5-11H,3-4H2,1-2H3,(H,16,20)/b9-7+. The number of urea groups is 1. The summed E-state index contributed by atoms with van der Waals surface area (Å²) in [7, 11) is 0. The van der Waals surface area contributed by atoms with Crippen LogP contribution in [0.2, 0.25) is 0 Å². The quantitative estimate of drug-likeness (QED) is 0.660. The van der Waals surface area contributed by atoms with E-state index in [1.807, 2.05) is 0 Å². The molecule has 0 spiro atoms. The maximum atomic E-state index is 12.4. The van der Waals surface area contributed by atoms with Crippen LogP contribution in [0.5, 0.6) is 0 Å². The van der Waals surface area contributed by atoms with Gasteiger partial charge in [-0.3, -0.25) is 14.5 Å². The monoisotopic (exact) mass is 274 g/mol. The van der Waals surface area contributed by atoms with Gasteiger partial charge in [-0.05, 0) is 31.6 Å². The molecule has 1 aromatic rings. The van der Waals surface area contributed by atoms with Gasteiger partial charge in [-0.15, -0.1) is 0 Å². The lowest BCUT2D eigenvalue weighted by Crippen LogP contribution is -2.43. The number of hydrogen-bond acceptors (Lipinski definition) is 3. The van der Waals surface area contributed by atoms with Gasteiger partial charge >= 0.3 is 6.03 Å². The zero-order valence-corrected chi connectivity index (χ0v) is 11.6. The molecule has 1 aromatic carbocycles. The van der Waals surface area contributed by atoms with Gasteiger partial charge in [0.25, 0.3) is 5.91 Å². The molecule has 0 saturated heterocycles. The molecular weight excluding hydrogens is 256 g/mol. The Balaban J connectivity index is 3.09. The van der Waals surface area contributed by atoms with Gasteiger partial charge in [0.15, 0.2) is 0 Å². The fourth-order valence-corrected chi connectivity index (χ4v) is 1.75. The number of rotatable bonds is 5. The van der Waals surface area contributed by atoms with Gasteiger partial charge in [0, 0.05) is 18.7 Å². The molecule has 0 aromatic heterocycles. The third kappa shape index (κ3) is 3.78. The smallest absolute Gasteiger partial charge is 0.324 e. The van der Waals surface area contributed by atoms with Gasteiger partial charge in [0.2, 0.25) is 0 Å². The van der Waals surface area contributed by atoms with Gasteiger partial charge in [-0.1, -0.05) is 24.3 Å². The van der Waals surface area contributed by atoms with Crippen molar-refractivity contribution in [1.82, 2.24) is 10.2 Å². The number of imide groups is 1. The Hall–Kier alpha value is -2.43. The molecule has 0 aliphatic heterocycles. The lowest BCUT2D eigenvalue weighted by Gasteiger charge is -2.20. The van der Waals surface area contributed by atoms with Crippen molar-refractivity contribution in [2.75, 3.05) is 13.1 Å². The first-order valence-corrected chi connectivity index (χ1v) is 6.46. The van der Waals surface area contributed by atoms with Crippen molar-refractivity contribution in [3.63, 3.8) is 0 Å². The normalized spacial score (nSPS) is 10.3. The largest absolute Gasteiger partial charge is 0.338 e. The third-order valence-corrected chi connectivity index (χ3v) is 2.68. The number of hydrogen-bond donors (Lipinski definition) is 1. The van der Waals surface area contributed by atoms with E-state index >= 15 is 0 Å². The molecule has 0 heterocycles. The summed E-state index contributed by atoms with van der Waals surface area (Å²) in [6, 6.07) is 6.42. The van der Waals surface area contributed by atoms with Crippen molar-refractivity contribution < 1.29 is 14.4 Å². The first-order valence-electron chi connectivity index (χ1n) is 6.46. The average molecular weight is 274 g/mol. The Kier molecular flexibility index (Phi) is 6.16. The van der Waals surface area contributed by atoms with E-state index in [0.717, 1.165) is 4.90 Å². The number of carbonyl (C=O) groups excluding carboxylic acids is 3. The highest BCUT2D eigenvalue weighted by molar-refractivity contribution is 6.06. The van der Waals surface area contributed by atoms with Crippen LogP contribution in [0.1, 0.15) is 29.8 Å². The molecule has 5 nitrogen and oxygen atoms in total. The van der Waals surface area contributed by atoms with Gasteiger partial charge in [0.05, 0.1) is 0 Å². The molecular formula is C15H18N2O3. The molecule has 0 aliphatic carbocycles. The fourth-order valence-electron chi connectivity index (χ4n) is 1.75. The first kappa shape index (κ1) is 15.6. The predicted octanol–water partition coefficient (Wildman–Crippen LogP) is 2.09. The van der Waals surface area contributed by atoms with Crippen LogP contribution in [0.25, 0.3) is 6.08 Å².